The Labute approximate surface area is 90.8 Å². The molecule has 0 bridgehead atoms. The molecule has 0 aromatic rings. The molecule has 1 heterocycles. The molecule has 86 valence electrons. The van der Waals surface area contributed by atoms with Crippen molar-refractivity contribution >= 4 is 6.09 Å². The fourth-order valence-corrected chi connectivity index (χ4v) is 2.04. The van der Waals surface area contributed by atoms with Crippen molar-refractivity contribution in [1.82, 2.24) is 4.90 Å². The van der Waals surface area contributed by atoms with Gasteiger partial charge in [-0.25, -0.2) is 4.79 Å². The lowest BCUT2D eigenvalue weighted by Crippen LogP contribution is -2.52. The van der Waals surface area contributed by atoms with Gasteiger partial charge in [-0.15, -0.1) is 0 Å². The molecule has 15 heavy (non-hydrogen) atoms. The molecule has 1 amide bonds. The highest BCUT2D eigenvalue weighted by atomic mass is 16.6. The fraction of sp³-hybridized carbons (Fsp3) is 0.909. The number of amides is 1. The molecule has 0 aromatic heterocycles. The van der Waals surface area contributed by atoms with Crippen molar-refractivity contribution in [2.24, 2.45) is 17.6 Å². The van der Waals surface area contributed by atoms with E-state index in [9.17, 15) is 4.79 Å². The van der Waals surface area contributed by atoms with Crippen molar-refractivity contribution in [1.29, 1.82) is 0 Å². The van der Waals surface area contributed by atoms with Crippen LogP contribution in [0.3, 0.4) is 0 Å². The molecule has 1 saturated carbocycles. The minimum Gasteiger partial charge on any atom is -0.444 e. The van der Waals surface area contributed by atoms with Gasteiger partial charge in [0.05, 0.1) is 0 Å². The van der Waals surface area contributed by atoms with E-state index in [1.807, 2.05) is 20.8 Å². The van der Waals surface area contributed by atoms with Crippen molar-refractivity contribution in [2.75, 3.05) is 13.1 Å². The van der Waals surface area contributed by atoms with Crippen molar-refractivity contribution in [3.63, 3.8) is 0 Å². The second-order valence-corrected chi connectivity index (χ2v) is 5.71. The molecule has 0 aromatic carbocycles. The van der Waals surface area contributed by atoms with Gasteiger partial charge in [-0.1, -0.05) is 0 Å². The largest absolute Gasteiger partial charge is 0.444 e. The average Bonchev–Trinajstić information content (AvgIpc) is 2.58. The van der Waals surface area contributed by atoms with Crippen LogP contribution in [-0.2, 0) is 4.74 Å². The SMILES string of the molecule is CC(C)(C)OC(=O)N1CC([C@@H]2C[C@H]2N)C1. The van der Waals surface area contributed by atoms with Gasteiger partial charge < -0.3 is 15.4 Å². The maximum Gasteiger partial charge on any atom is 0.410 e. The van der Waals surface area contributed by atoms with Gasteiger partial charge in [-0.2, -0.15) is 0 Å². The first-order valence-corrected chi connectivity index (χ1v) is 5.60. The van der Waals surface area contributed by atoms with Gasteiger partial charge in [-0.3, -0.25) is 0 Å². The summed E-state index contributed by atoms with van der Waals surface area (Å²) in [6.07, 6.45) is 0.945. The number of hydrogen-bond donors (Lipinski definition) is 1. The monoisotopic (exact) mass is 212 g/mol. The summed E-state index contributed by atoms with van der Waals surface area (Å²) >= 11 is 0. The molecule has 1 aliphatic heterocycles. The van der Waals surface area contributed by atoms with Crippen LogP contribution in [0.15, 0.2) is 0 Å². The lowest BCUT2D eigenvalue weighted by Gasteiger charge is -2.40. The van der Waals surface area contributed by atoms with E-state index < -0.39 is 5.60 Å². The summed E-state index contributed by atoms with van der Waals surface area (Å²) in [5, 5.41) is 0. The van der Waals surface area contributed by atoms with E-state index in [4.69, 9.17) is 10.5 Å². The van der Waals surface area contributed by atoms with Crippen LogP contribution in [0.5, 0.6) is 0 Å². The number of hydrogen-bond acceptors (Lipinski definition) is 3. The molecule has 1 saturated heterocycles. The third-order valence-corrected chi connectivity index (χ3v) is 3.06. The Balaban J connectivity index is 1.72. The molecule has 0 radical (unpaired) electrons. The van der Waals surface area contributed by atoms with E-state index in [1.165, 1.54) is 0 Å². The maximum atomic E-state index is 11.6. The molecular formula is C11H20N2O2. The third kappa shape index (κ3) is 2.43. The van der Waals surface area contributed by atoms with Gasteiger partial charge in [-0.05, 0) is 39.0 Å². The summed E-state index contributed by atoms with van der Waals surface area (Å²) in [7, 11) is 0. The predicted molar refractivity (Wildman–Crippen MR) is 57.4 cm³/mol. The number of ether oxygens (including phenoxy) is 1. The van der Waals surface area contributed by atoms with Gasteiger partial charge in [0.15, 0.2) is 0 Å². The topological polar surface area (TPSA) is 55.6 Å². The molecular weight excluding hydrogens is 192 g/mol. The zero-order chi connectivity index (χ0) is 11.2. The van der Waals surface area contributed by atoms with E-state index in [0.717, 1.165) is 19.5 Å². The number of likely N-dealkylation sites (tertiary alicyclic amines) is 1. The zero-order valence-electron chi connectivity index (χ0n) is 9.69. The highest BCUT2D eigenvalue weighted by molar-refractivity contribution is 5.69. The Morgan fingerprint density at radius 2 is 1.93 bits per heavy atom. The Bertz CT molecular complexity index is 266. The summed E-state index contributed by atoms with van der Waals surface area (Å²) in [5.74, 6) is 1.27. The number of carbonyl (C=O) groups excluding carboxylic acids is 1. The molecule has 0 spiro atoms. The maximum absolute atomic E-state index is 11.6. The van der Waals surface area contributed by atoms with Crippen LogP contribution in [0.25, 0.3) is 0 Å². The Morgan fingerprint density at radius 1 is 1.40 bits per heavy atom. The number of rotatable bonds is 1. The Morgan fingerprint density at radius 3 is 2.33 bits per heavy atom. The first kappa shape index (κ1) is 10.7. The summed E-state index contributed by atoms with van der Waals surface area (Å²) in [4.78, 5) is 13.3. The number of nitrogens with zero attached hydrogens (tertiary/aromatic N) is 1. The van der Waals surface area contributed by atoms with Gasteiger partial charge in [0, 0.05) is 19.1 Å². The minimum absolute atomic E-state index is 0.187. The number of carbonyl (C=O) groups is 1. The fourth-order valence-electron chi connectivity index (χ4n) is 2.04. The van der Waals surface area contributed by atoms with Crippen molar-refractivity contribution in [3.05, 3.63) is 0 Å². The zero-order valence-corrected chi connectivity index (χ0v) is 9.69. The minimum atomic E-state index is -0.391. The molecule has 2 fully saturated rings. The highest BCUT2D eigenvalue weighted by Crippen LogP contribution is 2.40. The van der Waals surface area contributed by atoms with Crippen LogP contribution in [0, 0.1) is 11.8 Å². The van der Waals surface area contributed by atoms with Crippen LogP contribution < -0.4 is 5.73 Å². The van der Waals surface area contributed by atoms with E-state index in [0.29, 0.717) is 17.9 Å². The second kappa shape index (κ2) is 3.37. The normalized spacial score (nSPS) is 31.1. The van der Waals surface area contributed by atoms with Crippen molar-refractivity contribution < 1.29 is 9.53 Å². The van der Waals surface area contributed by atoms with Gasteiger partial charge >= 0.3 is 6.09 Å². The Hall–Kier alpha value is -0.770. The van der Waals surface area contributed by atoms with E-state index >= 15 is 0 Å². The first-order valence-electron chi connectivity index (χ1n) is 5.60. The molecule has 0 unspecified atom stereocenters. The summed E-state index contributed by atoms with van der Waals surface area (Å²) in [6, 6.07) is 0.385. The van der Waals surface area contributed by atoms with E-state index in [2.05, 4.69) is 0 Å². The van der Waals surface area contributed by atoms with E-state index in [1.54, 1.807) is 4.90 Å². The second-order valence-electron chi connectivity index (χ2n) is 5.71. The van der Waals surface area contributed by atoms with Crippen molar-refractivity contribution in [2.45, 2.75) is 38.8 Å². The molecule has 1 aliphatic carbocycles. The average molecular weight is 212 g/mol. The number of nitrogens with two attached hydrogens (primary N) is 1. The summed E-state index contributed by atoms with van der Waals surface area (Å²) < 4.78 is 5.27. The molecule has 2 aliphatic rings. The molecule has 4 nitrogen and oxygen atoms in total. The lowest BCUT2D eigenvalue weighted by atomic mass is 9.95. The van der Waals surface area contributed by atoms with E-state index in [-0.39, 0.29) is 6.09 Å². The Kier molecular flexibility index (Phi) is 2.41. The van der Waals surface area contributed by atoms with Crippen LogP contribution in [0.1, 0.15) is 27.2 Å². The molecule has 2 rings (SSSR count). The standard InChI is InChI=1S/C11H20N2O2/c1-11(2,3)15-10(14)13-5-7(6-13)8-4-9(8)12/h7-9H,4-6,12H2,1-3H3/t8-,9+/m0/s1. The smallest absolute Gasteiger partial charge is 0.410 e. The first-order chi connectivity index (χ1) is 6.87. The highest BCUT2D eigenvalue weighted by Gasteiger charge is 2.47. The van der Waals surface area contributed by atoms with Crippen LogP contribution in [0.4, 0.5) is 4.79 Å². The van der Waals surface area contributed by atoms with Crippen LogP contribution in [-0.4, -0.2) is 35.7 Å². The van der Waals surface area contributed by atoms with Gasteiger partial charge in [0.25, 0.3) is 0 Å². The quantitative estimate of drug-likeness (QED) is 0.710. The summed E-state index contributed by atoms with van der Waals surface area (Å²) in [5.41, 5.74) is 5.37. The van der Waals surface area contributed by atoms with Crippen molar-refractivity contribution in [3.8, 4) is 0 Å². The van der Waals surface area contributed by atoms with Crippen LogP contribution in [0.2, 0.25) is 0 Å². The lowest BCUT2D eigenvalue weighted by molar-refractivity contribution is -0.00443. The molecule has 4 heteroatoms. The van der Waals surface area contributed by atoms with Crippen LogP contribution >= 0.6 is 0 Å². The van der Waals surface area contributed by atoms with Gasteiger partial charge in [0.2, 0.25) is 0 Å². The summed E-state index contributed by atoms with van der Waals surface area (Å²) in [6.45, 7) is 7.32. The molecule has 2 N–H and O–H groups in total. The predicted octanol–water partition coefficient (Wildman–Crippen LogP) is 1.20. The third-order valence-electron chi connectivity index (χ3n) is 3.06. The molecule has 2 atom stereocenters. The van der Waals surface area contributed by atoms with Gasteiger partial charge in [0.1, 0.15) is 5.60 Å².